The van der Waals surface area contributed by atoms with E-state index in [-0.39, 0.29) is 29.6 Å². The number of hydrogen-bond donors (Lipinski definition) is 0. The lowest BCUT2D eigenvalue weighted by Gasteiger charge is -2.44. The smallest absolute Gasteiger partial charge is 0.328 e. The molecule has 160 valence electrons. The van der Waals surface area contributed by atoms with E-state index in [1.54, 1.807) is 11.8 Å². The number of hydrogen-bond acceptors (Lipinski definition) is 4. The Labute approximate surface area is 177 Å². The van der Waals surface area contributed by atoms with Gasteiger partial charge in [-0.2, -0.15) is 0 Å². The lowest BCUT2D eigenvalue weighted by atomic mass is 9.71. The Morgan fingerprint density at radius 2 is 1.90 bits per heavy atom. The summed E-state index contributed by atoms with van der Waals surface area (Å²) in [7, 11) is 0. The SMILES string of the molecule is CCOC(=O)C1CCCCN1C(=O)[C@@H]1CC=C[C@@H]2CCN(c3ccccc3)C(=O)[C@@H]21. The molecule has 2 fully saturated rings. The van der Waals surface area contributed by atoms with Crippen LogP contribution in [0.15, 0.2) is 42.5 Å². The zero-order chi connectivity index (χ0) is 21.1. The highest BCUT2D eigenvalue weighted by molar-refractivity contribution is 5.99. The number of piperidine rings is 2. The highest BCUT2D eigenvalue weighted by Crippen LogP contribution is 2.40. The molecule has 2 amide bonds. The molecule has 2 aliphatic heterocycles. The lowest BCUT2D eigenvalue weighted by Crippen LogP contribution is -2.56. The molecule has 6 nitrogen and oxygen atoms in total. The summed E-state index contributed by atoms with van der Waals surface area (Å²) in [4.78, 5) is 43.1. The number of para-hydroxylation sites is 1. The van der Waals surface area contributed by atoms with E-state index < -0.39 is 12.0 Å². The third kappa shape index (κ3) is 3.87. The normalized spacial score (nSPS) is 28.8. The van der Waals surface area contributed by atoms with E-state index >= 15 is 0 Å². The topological polar surface area (TPSA) is 66.9 Å². The third-order valence-corrected chi connectivity index (χ3v) is 6.63. The Morgan fingerprint density at radius 3 is 2.67 bits per heavy atom. The average Bonchev–Trinajstić information content (AvgIpc) is 2.79. The summed E-state index contributed by atoms with van der Waals surface area (Å²) in [5, 5.41) is 0. The summed E-state index contributed by atoms with van der Waals surface area (Å²) < 4.78 is 5.23. The van der Waals surface area contributed by atoms with Gasteiger partial charge in [0, 0.05) is 18.8 Å². The van der Waals surface area contributed by atoms with Crippen molar-refractivity contribution in [2.45, 2.75) is 45.1 Å². The summed E-state index contributed by atoms with van der Waals surface area (Å²) in [6, 6.07) is 9.14. The maximum absolute atomic E-state index is 13.6. The van der Waals surface area contributed by atoms with Gasteiger partial charge in [-0.1, -0.05) is 30.4 Å². The number of carbonyl (C=O) groups excluding carboxylic acids is 3. The van der Waals surface area contributed by atoms with E-state index in [0.717, 1.165) is 24.9 Å². The predicted molar refractivity (Wildman–Crippen MR) is 114 cm³/mol. The molecule has 0 N–H and O–H groups in total. The molecule has 0 radical (unpaired) electrons. The minimum absolute atomic E-state index is 0.0184. The van der Waals surface area contributed by atoms with E-state index in [9.17, 15) is 14.4 Å². The summed E-state index contributed by atoms with van der Waals surface area (Å²) in [5.41, 5.74) is 0.879. The van der Waals surface area contributed by atoms with Crippen molar-refractivity contribution >= 4 is 23.5 Å². The molecule has 1 aromatic carbocycles. The molecule has 0 spiro atoms. The van der Waals surface area contributed by atoms with Gasteiger partial charge < -0.3 is 14.5 Å². The molecule has 1 aromatic rings. The molecular weight excluding hydrogens is 380 g/mol. The Kier molecular flexibility index (Phi) is 6.21. The van der Waals surface area contributed by atoms with Crippen LogP contribution in [-0.4, -0.2) is 48.4 Å². The molecule has 3 aliphatic rings. The van der Waals surface area contributed by atoms with Gasteiger partial charge in [0.15, 0.2) is 0 Å². The van der Waals surface area contributed by atoms with Crippen LogP contribution in [-0.2, 0) is 19.1 Å². The fourth-order valence-corrected chi connectivity index (χ4v) is 5.17. The van der Waals surface area contributed by atoms with Crippen molar-refractivity contribution in [2.75, 3.05) is 24.6 Å². The molecule has 0 bridgehead atoms. The van der Waals surface area contributed by atoms with Crippen LogP contribution < -0.4 is 4.90 Å². The zero-order valence-electron chi connectivity index (χ0n) is 17.5. The van der Waals surface area contributed by atoms with Crippen LogP contribution in [0.5, 0.6) is 0 Å². The van der Waals surface area contributed by atoms with Gasteiger partial charge in [-0.05, 0) is 57.1 Å². The van der Waals surface area contributed by atoms with Crippen LogP contribution in [0.2, 0.25) is 0 Å². The van der Waals surface area contributed by atoms with Crippen LogP contribution in [0.4, 0.5) is 5.69 Å². The number of esters is 1. The second-order valence-corrected chi connectivity index (χ2v) is 8.37. The minimum atomic E-state index is -0.528. The van der Waals surface area contributed by atoms with E-state index in [4.69, 9.17) is 4.74 Å². The number of allylic oxidation sites excluding steroid dienone is 2. The van der Waals surface area contributed by atoms with E-state index in [0.29, 0.717) is 32.5 Å². The number of likely N-dealkylation sites (tertiary alicyclic amines) is 1. The van der Waals surface area contributed by atoms with Crippen molar-refractivity contribution in [3.63, 3.8) is 0 Å². The standard InChI is InChI=1S/C24H30N2O4/c1-2-30-24(29)20-13-6-7-15-26(20)22(27)19-12-8-9-17-14-16-25(23(28)21(17)19)18-10-4-3-5-11-18/h3-5,8-11,17,19-21H,2,6-7,12-16H2,1H3/t17-,19-,20?,21+/m1/s1. The van der Waals surface area contributed by atoms with E-state index in [1.807, 2.05) is 41.3 Å². The number of benzene rings is 1. The number of fused-ring (bicyclic) bond motifs is 1. The first-order valence-electron chi connectivity index (χ1n) is 11.1. The van der Waals surface area contributed by atoms with Gasteiger partial charge in [0.25, 0.3) is 0 Å². The van der Waals surface area contributed by atoms with E-state index in [1.165, 1.54) is 0 Å². The molecule has 1 aliphatic carbocycles. The third-order valence-electron chi connectivity index (χ3n) is 6.63. The summed E-state index contributed by atoms with van der Waals surface area (Å²) in [6.07, 6.45) is 7.94. The van der Waals surface area contributed by atoms with Crippen molar-refractivity contribution in [3.05, 3.63) is 42.5 Å². The van der Waals surface area contributed by atoms with Gasteiger partial charge in [0.05, 0.1) is 18.4 Å². The average molecular weight is 411 g/mol. The Morgan fingerprint density at radius 1 is 1.10 bits per heavy atom. The summed E-state index contributed by atoms with van der Waals surface area (Å²) in [5.74, 6) is -1.10. The number of rotatable bonds is 4. The fraction of sp³-hybridized carbons (Fsp3) is 0.542. The van der Waals surface area contributed by atoms with Crippen LogP contribution in [0, 0.1) is 17.8 Å². The van der Waals surface area contributed by atoms with Crippen LogP contribution in [0.25, 0.3) is 0 Å². The second kappa shape index (κ2) is 9.02. The maximum atomic E-state index is 13.6. The molecular formula is C24H30N2O4. The summed E-state index contributed by atoms with van der Waals surface area (Å²) >= 11 is 0. The number of anilines is 1. The Bertz CT molecular complexity index is 822. The fourth-order valence-electron chi connectivity index (χ4n) is 5.17. The van der Waals surface area contributed by atoms with Crippen molar-refractivity contribution in [1.29, 1.82) is 0 Å². The quantitative estimate of drug-likeness (QED) is 0.565. The number of amides is 2. The van der Waals surface area contributed by atoms with Crippen molar-refractivity contribution in [2.24, 2.45) is 17.8 Å². The molecule has 0 saturated carbocycles. The van der Waals surface area contributed by atoms with Gasteiger partial charge in [-0.3, -0.25) is 9.59 Å². The first-order valence-corrected chi connectivity index (χ1v) is 11.1. The van der Waals surface area contributed by atoms with Crippen LogP contribution in [0.1, 0.15) is 39.0 Å². The van der Waals surface area contributed by atoms with Crippen molar-refractivity contribution in [3.8, 4) is 0 Å². The molecule has 2 heterocycles. The molecule has 30 heavy (non-hydrogen) atoms. The first-order chi connectivity index (χ1) is 14.6. The lowest BCUT2D eigenvalue weighted by molar-refractivity contribution is -0.159. The zero-order valence-corrected chi connectivity index (χ0v) is 17.5. The van der Waals surface area contributed by atoms with Crippen LogP contribution in [0.3, 0.4) is 0 Å². The van der Waals surface area contributed by atoms with Gasteiger partial charge in [0.1, 0.15) is 6.04 Å². The molecule has 6 heteroatoms. The van der Waals surface area contributed by atoms with Crippen LogP contribution >= 0.6 is 0 Å². The number of nitrogens with zero attached hydrogens (tertiary/aromatic N) is 2. The monoisotopic (exact) mass is 410 g/mol. The number of ether oxygens (including phenoxy) is 1. The largest absolute Gasteiger partial charge is 0.464 e. The number of carbonyl (C=O) groups is 3. The van der Waals surface area contributed by atoms with Gasteiger partial charge in [0.2, 0.25) is 11.8 Å². The highest BCUT2D eigenvalue weighted by Gasteiger charge is 2.47. The maximum Gasteiger partial charge on any atom is 0.328 e. The van der Waals surface area contributed by atoms with Gasteiger partial charge in [-0.25, -0.2) is 4.79 Å². The Balaban J connectivity index is 1.58. The van der Waals surface area contributed by atoms with E-state index in [2.05, 4.69) is 6.08 Å². The Hall–Kier alpha value is -2.63. The predicted octanol–water partition coefficient (Wildman–Crippen LogP) is 3.18. The summed E-state index contributed by atoms with van der Waals surface area (Å²) in [6.45, 7) is 3.29. The molecule has 2 saturated heterocycles. The molecule has 1 unspecified atom stereocenters. The first kappa shape index (κ1) is 20.6. The van der Waals surface area contributed by atoms with Gasteiger partial charge >= 0.3 is 5.97 Å². The highest BCUT2D eigenvalue weighted by atomic mass is 16.5. The van der Waals surface area contributed by atoms with Crippen molar-refractivity contribution in [1.82, 2.24) is 4.90 Å². The minimum Gasteiger partial charge on any atom is -0.464 e. The van der Waals surface area contributed by atoms with Crippen molar-refractivity contribution < 1.29 is 19.1 Å². The van der Waals surface area contributed by atoms with Gasteiger partial charge in [-0.15, -0.1) is 0 Å². The molecule has 0 aromatic heterocycles. The molecule has 4 rings (SSSR count). The molecule has 4 atom stereocenters. The second-order valence-electron chi connectivity index (χ2n) is 8.37.